The minimum absolute atomic E-state index is 0.0863. The summed E-state index contributed by atoms with van der Waals surface area (Å²) in [5, 5.41) is 2.98. The van der Waals surface area contributed by atoms with Crippen LogP contribution in [0.5, 0.6) is 0 Å². The highest BCUT2D eigenvalue weighted by molar-refractivity contribution is 5.79. The summed E-state index contributed by atoms with van der Waals surface area (Å²) in [6.45, 7) is -1.20. The molecule has 0 aliphatic heterocycles. The Morgan fingerprint density at radius 1 is 1.44 bits per heavy atom. The fraction of sp³-hybridized carbons (Fsp3) is 0.875. The molecule has 0 heterocycles. The van der Waals surface area contributed by atoms with Gasteiger partial charge in [0.2, 0.25) is 5.96 Å². The molecule has 0 spiro atoms. The molecule has 1 rings (SSSR count). The van der Waals surface area contributed by atoms with Crippen LogP contribution in [-0.4, -0.2) is 37.9 Å². The number of aliphatic imine (C=N–C) groups is 1. The van der Waals surface area contributed by atoms with Crippen molar-refractivity contribution in [1.29, 1.82) is 0 Å². The topological polar surface area (TPSA) is 71.7 Å². The summed E-state index contributed by atoms with van der Waals surface area (Å²) in [7, 11) is 0. The van der Waals surface area contributed by atoms with Crippen molar-refractivity contribution in [3.63, 3.8) is 0 Å². The van der Waals surface area contributed by atoms with Crippen molar-refractivity contribution < 1.29 is 17.9 Å². The first-order valence-electron chi connectivity index (χ1n) is 4.93. The van der Waals surface area contributed by atoms with Crippen LogP contribution >= 0.6 is 0 Å². The Labute approximate surface area is 91.2 Å². The summed E-state index contributed by atoms with van der Waals surface area (Å²) in [4.78, 5) is 3.92. The van der Waals surface area contributed by atoms with Crippen molar-refractivity contribution in [3.05, 3.63) is 0 Å². The van der Waals surface area contributed by atoms with E-state index < -0.39 is 12.8 Å². The molecule has 0 bridgehead atoms. The molecule has 8 heteroatoms. The van der Waals surface area contributed by atoms with Crippen molar-refractivity contribution in [2.45, 2.75) is 25.1 Å². The van der Waals surface area contributed by atoms with Gasteiger partial charge in [-0.2, -0.15) is 13.2 Å². The van der Waals surface area contributed by atoms with Gasteiger partial charge in [0.1, 0.15) is 6.61 Å². The van der Waals surface area contributed by atoms with E-state index in [-0.39, 0.29) is 13.2 Å². The molecule has 0 aromatic carbocycles. The average Bonchev–Trinajstić information content (AvgIpc) is 2.97. The van der Waals surface area contributed by atoms with Gasteiger partial charge in [0.15, 0.2) is 0 Å². The maximum atomic E-state index is 11.7. The predicted octanol–water partition coefficient (Wildman–Crippen LogP) is 0.137. The van der Waals surface area contributed by atoms with E-state index in [1.54, 1.807) is 0 Å². The van der Waals surface area contributed by atoms with Gasteiger partial charge in [0, 0.05) is 6.04 Å². The number of rotatable bonds is 5. The number of guanidine groups is 1. The van der Waals surface area contributed by atoms with Crippen LogP contribution in [0.1, 0.15) is 12.8 Å². The number of halogens is 3. The molecule has 4 N–H and O–H groups in total. The third kappa shape index (κ3) is 6.46. The Morgan fingerprint density at radius 3 is 2.62 bits per heavy atom. The molecule has 1 fully saturated rings. The second-order valence-corrected chi connectivity index (χ2v) is 3.46. The molecule has 0 atom stereocenters. The average molecular weight is 240 g/mol. The zero-order chi connectivity index (χ0) is 12.0. The first-order valence-corrected chi connectivity index (χ1v) is 4.93. The lowest BCUT2D eigenvalue weighted by atomic mass is 10.6. The molecule has 0 aromatic heterocycles. The zero-order valence-corrected chi connectivity index (χ0v) is 8.68. The van der Waals surface area contributed by atoms with Crippen LogP contribution in [-0.2, 0) is 4.74 Å². The second-order valence-electron chi connectivity index (χ2n) is 3.46. The van der Waals surface area contributed by atoms with Gasteiger partial charge >= 0.3 is 6.18 Å². The molecule has 1 aliphatic carbocycles. The molecular formula is C8H15F3N4O. The Bertz CT molecular complexity index is 240. The van der Waals surface area contributed by atoms with E-state index in [1.807, 2.05) is 0 Å². The van der Waals surface area contributed by atoms with Crippen molar-refractivity contribution in [1.82, 2.24) is 10.7 Å². The fourth-order valence-electron chi connectivity index (χ4n) is 0.964. The molecule has 0 amide bonds. The molecule has 0 unspecified atom stereocenters. The monoisotopic (exact) mass is 240 g/mol. The van der Waals surface area contributed by atoms with Crippen LogP contribution in [0.3, 0.4) is 0 Å². The van der Waals surface area contributed by atoms with Crippen LogP contribution in [0.4, 0.5) is 13.2 Å². The number of alkyl halides is 3. The predicted molar refractivity (Wildman–Crippen MR) is 52.7 cm³/mol. The van der Waals surface area contributed by atoms with E-state index in [2.05, 4.69) is 20.5 Å². The number of hydrogen-bond donors (Lipinski definition) is 3. The van der Waals surface area contributed by atoms with E-state index in [0.29, 0.717) is 12.0 Å². The lowest BCUT2D eigenvalue weighted by Gasteiger charge is -2.08. The minimum Gasteiger partial charge on any atom is -0.370 e. The Morgan fingerprint density at radius 2 is 2.12 bits per heavy atom. The lowest BCUT2D eigenvalue weighted by molar-refractivity contribution is -0.173. The lowest BCUT2D eigenvalue weighted by Crippen LogP contribution is -2.42. The summed E-state index contributed by atoms with van der Waals surface area (Å²) in [5.74, 6) is 5.56. The fourth-order valence-corrected chi connectivity index (χ4v) is 0.964. The summed E-state index contributed by atoms with van der Waals surface area (Å²) in [6, 6.07) is 0.380. The highest BCUT2D eigenvalue weighted by atomic mass is 19.4. The van der Waals surface area contributed by atoms with E-state index >= 15 is 0 Å². The van der Waals surface area contributed by atoms with Gasteiger partial charge in [-0.05, 0) is 12.8 Å². The van der Waals surface area contributed by atoms with Gasteiger partial charge in [-0.15, -0.1) is 0 Å². The van der Waals surface area contributed by atoms with Crippen LogP contribution in [0.2, 0.25) is 0 Å². The number of ether oxygens (including phenoxy) is 1. The maximum Gasteiger partial charge on any atom is 0.411 e. The summed E-state index contributed by atoms with van der Waals surface area (Å²) < 4.78 is 39.4. The van der Waals surface area contributed by atoms with Crippen molar-refractivity contribution in [2.75, 3.05) is 19.8 Å². The molecule has 0 radical (unpaired) electrons. The van der Waals surface area contributed by atoms with Gasteiger partial charge < -0.3 is 10.1 Å². The highest BCUT2D eigenvalue weighted by Gasteiger charge is 2.27. The summed E-state index contributed by atoms with van der Waals surface area (Å²) in [5.41, 5.74) is 2.34. The molecule has 16 heavy (non-hydrogen) atoms. The van der Waals surface area contributed by atoms with Crippen LogP contribution < -0.4 is 16.6 Å². The van der Waals surface area contributed by atoms with Crippen molar-refractivity contribution in [3.8, 4) is 0 Å². The Kier molecular flexibility index (Phi) is 4.81. The van der Waals surface area contributed by atoms with E-state index in [1.165, 1.54) is 0 Å². The Hall–Kier alpha value is -1.02. The third-order valence-electron chi connectivity index (χ3n) is 1.83. The maximum absolute atomic E-state index is 11.7. The minimum atomic E-state index is -4.29. The normalized spacial score (nSPS) is 17.4. The van der Waals surface area contributed by atoms with Crippen LogP contribution in [0.25, 0.3) is 0 Å². The largest absolute Gasteiger partial charge is 0.411 e. The molecular weight excluding hydrogens is 225 g/mol. The second kappa shape index (κ2) is 5.90. The number of nitrogens with one attached hydrogen (secondary N) is 2. The number of nitrogens with two attached hydrogens (primary N) is 1. The Balaban J connectivity index is 2.08. The summed E-state index contributed by atoms with van der Waals surface area (Å²) >= 11 is 0. The van der Waals surface area contributed by atoms with Crippen LogP contribution in [0.15, 0.2) is 4.99 Å². The molecule has 0 saturated heterocycles. The molecule has 1 aliphatic rings. The molecule has 5 nitrogen and oxygen atoms in total. The van der Waals surface area contributed by atoms with E-state index in [0.717, 1.165) is 12.8 Å². The third-order valence-corrected chi connectivity index (χ3v) is 1.83. The molecule has 94 valence electrons. The smallest absolute Gasteiger partial charge is 0.370 e. The first kappa shape index (κ1) is 13.0. The van der Waals surface area contributed by atoms with Gasteiger partial charge in [0.25, 0.3) is 0 Å². The number of nitrogens with zero attached hydrogens (tertiary/aromatic N) is 1. The summed E-state index contributed by atoms with van der Waals surface area (Å²) in [6.07, 6.45) is -2.17. The van der Waals surface area contributed by atoms with Gasteiger partial charge in [-0.25, -0.2) is 10.8 Å². The molecule has 1 saturated carbocycles. The van der Waals surface area contributed by atoms with Gasteiger partial charge in [-0.1, -0.05) is 0 Å². The SMILES string of the molecule is NNC(=NCCOCC(F)(F)F)NC1CC1. The number of hydrazine groups is 1. The standard InChI is InChI=1S/C8H15F3N4O/c9-8(10,11)5-16-4-3-13-7(15-12)14-6-1-2-6/h6H,1-5,12H2,(H2,13,14,15). The number of hydrogen-bond acceptors (Lipinski definition) is 3. The first-order chi connectivity index (χ1) is 7.51. The van der Waals surface area contributed by atoms with Gasteiger partial charge in [0.05, 0.1) is 13.2 Å². The van der Waals surface area contributed by atoms with E-state index in [9.17, 15) is 13.2 Å². The van der Waals surface area contributed by atoms with Crippen LogP contribution in [0, 0.1) is 0 Å². The van der Waals surface area contributed by atoms with Crippen molar-refractivity contribution in [2.24, 2.45) is 10.8 Å². The quantitative estimate of drug-likeness (QED) is 0.210. The molecule has 0 aromatic rings. The van der Waals surface area contributed by atoms with Gasteiger partial charge in [-0.3, -0.25) is 5.43 Å². The van der Waals surface area contributed by atoms with Crippen molar-refractivity contribution >= 4 is 5.96 Å². The highest BCUT2D eigenvalue weighted by Crippen LogP contribution is 2.18. The zero-order valence-electron chi connectivity index (χ0n) is 8.68. The van der Waals surface area contributed by atoms with E-state index in [4.69, 9.17) is 5.84 Å².